The molecule has 0 saturated heterocycles. The van der Waals surface area contributed by atoms with Crippen LogP contribution >= 0.6 is 12.2 Å². The number of nitrogens with zero attached hydrogens (tertiary/aromatic N) is 1. The first-order valence-corrected chi connectivity index (χ1v) is 6.74. The summed E-state index contributed by atoms with van der Waals surface area (Å²) in [5, 5.41) is 0. The van der Waals surface area contributed by atoms with Gasteiger partial charge in [0.1, 0.15) is 5.78 Å². The Morgan fingerprint density at radius 3 is 0.842 bits per heavy atom. The Bertz CT molecular complexity index is 260. The predicted octanol–water partition coefficient (Wildman–Crippen LogP) is 5.45. The first kappa shape index (κ1) is 26.7. The summed E-state index contributed by atoms with van der Waals surface area (Å²) in [5.74, 6) is 0.167. The monoisotopic (exact) mass is 287 g/mol. The van der Waals surface area contributed by atoms with Gasteiger partial charge < -0.3 is 4.79 Å². The Kier molecular flexibility index (Phi) is 27.4. The smallest absolute Gasteiger partial charge is 0.126 e. The molecule has 0 aromatic rings. The quantitative estimate of drug-likeness (QED) is 0.337. The molecule has 0 aliphatic carbocycles. The highest BCUT2D eigenvalue weighted by Gasteiger charge is 1.75. The van der Waals surface area contributed by atoms with Crippen LogP contribution in [0, 0.1) is 0 Å². The van der Waals surface area contributed by atoms with Crippen molar-refractivity contribution in [1.82, 2.24) is 0 Å². The third-order valence-electron chi connectivity index (χ3n) is 1.45. The van der Waals surface area contributed by atoms with Gasteiger partial charge >= 0.3 is 0 Å². The number of aliphatic imine (C=N–C) groups is 1. The van der Waals surface area contributed by atoms with Gasteiger partial charge in [-0.2, -0.15) is 0 Å². The van der Waals surface area contributed by atoms with Crippen molar-refractivity contribution in [2.24, 2.45) is 4.99 Å². The summed E-state index contributed by atoms with van der Waals surface area (Å²) in [5.41, 5.74) is 3.98. The van der Waals surface area contributed by atoms with E-state index < -0.39 is 0 Å². The summed E-state index contributed by atoms with van der Waals surface area (Å²) in [6.45, 7) is 19.3. The maximum absolute atomic E-state index is 9.44. The minimum Gasteiger partial charge on any atom is -0.300 e. The molecule has 0 atom stereocenters. The van der Waals surface area contributed by atoms with Crippen molar-refractivity contribution in [2.75, 3.05) is 7.05 Å². The molecule has 0 spiro atoms. The number of hydrogen-bond donors (Lipinski definition) is 0. The zero-order valence-corrected chi connectivity index (χ0v) is 15.6. The molecule has 114 valence electrons. The summed E-state index contributed by atoms with van der Waals surface area (Å²) in [4.78, 5) is 14.2. The third kappa shape index (κ3) is 148. The van der Waals surface area contributed by atoms with Gasteiger partial charge in [0.25, 0.3) is 0 Å². The molecular weight excluding hydrogens is 254 g/mol. The maximum atomic E-state index is 9.44. The van der Waals surface area contributed by atoms with Crippen LogP contribution in [0.15, 0.2) is 16.1 Å². The molecule has 0 rings (SSSR count). The molecule has 0 aromatic heterocycles. The maximum Gasteiger partial charge on any atom is 0.126 e. The summed E-state index contributed by atoms with van der Waals surface area (Å²) >= 11 is 4.54. The lowest BCUT2D eigenvalue weighted by Crippen LogP contribution is -1.74. The summed E-state index contributed by atoms with van der Waals surface area (Å²) in [6, 6.07) is 0. The molecule has 0 amide bonds. The molecule has 3 heteroatoms. The first-order chi connectivity index (χ1) is 8.38. The van der Waals surface area contributed by atoms with Crippen molar-refractivity contribution in [1.29, 1.82) is 0 Å². The highest BCUT2D eigenvalue weighted by molar-refractivity contribution is 7.80. The second kappa shape index (κ2) is 19.5. The molecule has 0 heterocycles. The molecule has 0 fully saturated rings. The van der Waals surface area contributed by atoms with E-state index in [4.69, 9.17) is 0 Å². The Hall–Kier alpha value is -0.830. The van der Waals surface area contributed by atoms with E-state index >= 15 is 0 Å². The Morgan fingerprint density at radius 2 is 0.842 bits per heavy atom. The highest BCUT2D eigenvalue weighted by atomic mass is 32.1. The van der Waals surface area contributed by atoms with Crippen LogP contribution in [0.2, 0.25) is 0 Å². The fraction of sp³-hybridized carbons (Fsp3) is 0.688. The fourth-order valence-electron chi connectivity index (χ4n) is 0. The topological polar surface area (TPSA) is 29.4 Å². The lowest BCUT2D eigenvalue weighted by molar-refractivity contribution is -0.114. The second-order valence-electron chi connectivity index (χ2n) is 4.99. The normalized spacial score (nSPS) is 7.11. The van der Waals surface area contributed by atoms with Gasteiger partial charge in [-0.15, -0.1) is 0 Å². The van der Waals surface area contributed by atoms with Gasteiger partial charge in [0.2, 0.25) is 0 Å². The second-order valence-corrected chi connectivity index (χ2v) is 5.80. The van der Waals surface area contributed by atoms with E-state index in [1.54, 1.807) is 7.05 Å². The number of hydrogen-bond acceptors (Lipinski definition) is 3. The molecule has 0 bridgehead atoms. The molecule has 0 aliphatic heterocycles. The van der Waals surface area contributed by atoms with Crippen LogP contribution in [0.3, 0.4) is 0 Å². The van der Waals surface area contributed by atoms with Gasteiger partial charge in [0.05, 0.1) is 0 Å². The van der Waals surface area contributed by atoms with Crippen molar-refractivity contribution in [3.8, 4) is 0 Å². The number of carbonyl (C=O) groups is 1. The number of carbonyl (C=O) groups excluding carboxylic acids is 1. The van der Waals surface area contributed by atoms with E-state index in [2.05, 4.69) is 44.9 Å². The van der Waals surface area contributed by atoms with Crippen molar-refractivity contribution < 1.29 is 4.79 Å². The van der Waals surface area contributed by atoms with Crippen LogP contribution in [-0.4, -0.2) is 23.4 Å². The molecule has 19 heavy (non-hydrogen) atoms. The highest BCUT2D eigenvalue weighted by Crippen LogP contribution is 1.96. The van der Waals surface area contributed by atoms with E-state index in [1.165, 1.54) is 25.0 Å². The first-order valence-electron chi connectivity index (χ1n) is 6.33. The molecule has 0 radical (unpaired) electrons. The van der Waals surface area contributed by atoms with Crippen LogP contribution in [0.5, 0.6) is 0 Å². The van der Waals surface area contributed by atoms with Crippen molar-refractivity contribution >= 4 is 28.6 Å². The number of allylic oxidation sites excluding steroid dienone is 2. The molecule has 0 unspecified atom stereocenters. The van der Waals surface area contributed by atoms with E-state index in [9.17, 15) is 4.79 Å². The van der Waals surface area contributed by atoms with Gasteiger partial charge in [-0.1, -0.05) is 23.4 Å². The Morgan fingerprint density at radius 1 is 0.737 bits per heavy atom. The fourth-order valence-corrected chi connectivity index (χ4v) is 0. The minimum absolute atomic E-state index is 0.167. The van der Waals surface area contributed by atoms with Crippen LogP contribution in [0.25, 0.3) is 0 Å². The zero-order valence-electron chi connectivity index (χ0n) is 14.8. The van der Waals surface area contributed by atoms with Crippen molar-refractivity contribution in [3.63, 3.8) is 0 Å². The number of thiocarbonyl (C=S) groups is 1. The van der Waals surface area contributed by atoms with Crippen molar-refractivity contribution in [3.05, 3.63) is 11.1 Å². The molecule has 0 aromatic carbocycles. The molecule has 0 aliphatic rings. The van der Waals surface area contributed by atoms with Gasteiger partial charge in [0.15, 0.2) is 0 Å². The van der Waals surface area contributed by atoms with Gasteiger partial charge in [-0.25, -0.2) is 0 Å². The summed E-state index contributed by atoms with van der Waals surface area (Å²) in [7, 11) is 1.79. The lowest BCUT2D eigenvalue weighted by atomic mass is 10.2. The van der Waals surface area contributed by atoms with Crippen LogP contribution < -0.4 is 0 Å². The van der Waals surface area contributed by atoms with Crippen LogP contribution in [0.4, 0.5) is 0 Å². The summed E-state index contributed by atoms with van der Waals surface area (Å²) in [6.07, 6.45) is 0. The SMILES string of the molecule is CC(C)=C(C)C.CC(C)=O.CC(C)=S.CN=C(C)C. The molecule has 2 nitrogen and oxygen atoms in total. The van der Waals surface area contributed by atoms with Crippen molar-refractivity contribution in [2.45, 2.75) is 69.2 Å². The Balaban J connectivity index is -0.0000000803. The number of ketones is 1. The minimum atomic E-state index is 0.167. The third-order valence-corrected chi connectivity index (χ3v) is 1.45. The zero-order chi connectivity index (χ0) is 16.6. The van der Waals surface area contributed by atoms with Gasteiger partial charge in [-0.3, -0.25) is 4.99 Å². The van der Waals surface area contributed by atoms with Gasteiger partial charge in [0, 0.05) is 12.8 Å². The van der Waals surface area contributed by atoms with Crippen LogP contribution in [-0.2, 0) is 4.79 Å². The molecule has 0 N–H and O–H groups in total. The molecular formula is C16H33NOS. The average Bonchev–Trinajstić information content (AvgIpc) is 2.16. The number of Topliss-reactive ketones (excluding diaryl/α,β-unsaturated/α-hetero) is 1. The standard InChI is InChI=1S/C6H12.C4H9N.C3H6O.C3H6S/c1-5(2)6(3)4;1-4(2)5-3;2*1-3(2)4/h1-4H3;1-3H3;2*1-2H3. The number of rotatable bonds is 0. The van der Waals surface area contributed by atoms with E-state index in [0.717, 1.165) is 10.6 Å². The summed E-state index contributed by atoms with van der Waals surface area (Å²) < 4.78 is 0. The van der Waals surface area contributed by atoms with Gasteiger partial charge in [-0.05, 0) is 74.1 Å². The molecule has 0 saturated carbocycles. The lowest BCUT2D eigenvalue weighted by Gasteiger charge is -1.88. The Labute approximate surface area is 126 Å². The van der Waals surface area contributed by atoms with Crippen LogP contribution in [0.1, 0.15) is 69.2 Å². The largest absolute Gasteiger partial charge is 0.300 e. The predicted molar refractivity (Wildman–Crippen MR) is 94.7 cm³/mol. The van der Waals surface area contributed by atoms with E-state index in [1.807, 2.05) is 27.7 Å². The van der Waals surface area contributed by atoms with E-state index in [-0.39, 0.29) is 5.78 Å². The average molecular weight is 288 g/mol. The van der Waals surface area contributed by atoms with E-state index in [0.29, 0.717) is 0 Å².